The average Bonchev–Trinajstić information content (AvgIpc) is 3.73. The molecule has 3 unspecified atom stereocenters. The zero-order chi connectivity index (χ0) is 50.6. The highest BCUT2D eigenvalue weighted by Crippen LogP contribution is 2.38. The molecular formula is C53H83N5O11. The number of allylic oxidation sites excluding steroid dienone is 5. The smallest absolute Gasteiger partial charge is 0.329 e. The first-order valence-electron chi connectivity index (χ1n) is 25.4. The molecule has 69 heavy (non-hydrogen) atoms. The molecule has 1 aromatic heterocycles. The van der Waals surface area contributed by atoms with E-state index in [4.69, 9.17) is 24.7 Å². The number of carbonyl (C=O) groups excluding carboxylic acids is 4. The molecular weight excluding hydrogens is 883 g/mol. The highest BCUT2D eigenvalue weighted by Gasteiger charge is 2.53. The third-order valence-electron chi connectivity index (χ3n) is 15.2. The first kappa shape index (κ1) is 55.9. The van der Waals surface area contributed by atoms with E-state index in [0.717, 1.165) is 12.0 Å². The van der Waals surface area contributed by atoms with E-state index in [1.807, 2.05) is 75.9 Å². The predicted molar refractivity (Wildman–Crippen MR) is 263 cm³/mol. The lowest BCUT2D eigenvalue weighted by atomic mass is 9.78. The number of rotatable bonds is 7. The number of ketones is 2. The number of aliphatic hydroxyl groups is 3. The molecule has 386 valence electrons. The van der Waals surface area contributed by atoms with Gasteiger partial charge in [-0.2, -0.15) is 0 Å². The van der Waals surface area contributed by atoms with Crippen molar-refractivity contribution < 1.29 is 53.4 Å². The number of aromatic nitrogens is 2. The van der Waals surface area contributed by atoms with Gasteiger partial charge in [0.2, 0.25) is 11.7 Å². The summed E-state index contributed by atoms with van der Waals surface area (Å²) in [5.41, 5.74) is 8.11. The van der Waals surface area contributed by atoms with Crippen LogP contribution < -0.4 is 11.1 Å². The Labute approximate surface area is 410 Å². The van der Waals surface area contributed by atoms with Crippen LogP contribution in [0.5, 0.6) is 0 Å². The minimum Gasteiger partial charge on any atom is -0.461 e. The van der Waals surface area contributed by atoms with E-state index >= 15 is 0 Å². The van der Waals surface area contributed by atoms with E-state index in [9.17, 15) is 34.5 Å². The molecule has 3 aliphatic heterocycles. The zero-order valence-electron chi connectivity index (χ0n) is 42.6. The topological polar surface area (TPSA) is 225 Å². The molecule has 3 fully saturated rings. The highest BCUT2D eigenvalue weighted by atomic mass is 16.6. The highest BCUT2D eigenvalue weighted by molar-refractivity contribution is 6.39. The molecule has 0 spiro atoms. The Morgan fingerprint density at radius 2 is 1.68 bits per heavy atom. The summed E-state index contributed by atoms with van der Waals surface area (Å²) in [6.45, 7) is 11.4. The van der Waals surface area contributed by atoms with Crippen LogP contribution in [0.2, 0.25) is 0 Å². The van der Waals surface area contributed by atoms with E-state index in [1.165, 1.54) is 12.0 Å². The third-order valence-corrected chi connectivity index (χ3v) is 15.2. The number of nitrogens with zero attached hydrogens (tertiary/aromatic N) is 3. The molecule has 0 aromatic carbocycles. The Kier molecular flexibility index (Phi) is 21.0. The van der Waals surface area contributed by atoms with Crippen LogP contribution in [0.25, 0.3) is 0 Å². The molecule has 2 saturated heterocycles. The van der Waals surface area contributed by atoms with Crippen molar-refractivity contribution in [1.29, 1.82) is 0 Å². The number of hydrogen-bond donors (Lipinski definition) is 5. The van der Waals surface area contributed by atoms with Gasteiger partial charge in [-0.15, -0.1) is 0 Å². The maximum absolute atomic E-state index is 14.5. The van der Waals surface area contributed by atoms with Gasteiger partial charge in [-0.1, -0.05) is 69.7 Å². The van der Waals surface area contributed by atoms with Crippen LogP contribution in [0.3, 0.4) is 0 Å². The second kappa shape index (κ2) is 25.9. The Hall–Kier alpha value is -4.03. The summed E-state index contributed by atoms with van der Waals surface area (Å²) in [5, 5.41) is 37.6. The van der Waals surface area contributed by atoms with Gasteiger partial charge in [0.25, 0.3) is 11.7 Å². The second-order valence-electron chi connectivity index (χ2n) is 20.7. The molecule has 15 atom stereocenters. The van der Waals surface area contributed by atoms with Gasteiger partial charge >= 0.3 is 5.97 Å². The lowest BCUT2D eigenvalue weighted by molar-refractivity contribution is -0.263. The van der Waals surface area contributed by atoms with Gasteiger partial charge in [-0.25, -0.2) is 9.78 Å². The van der Waals surface area contributed by atoms with Gasteiger partial charge in [0.15, 0.2) is 5.78 Å². The molecule has 1 saturated carbocycles. The molecule has 4 heterocycles. The summed E-state index contributed by atoms with van der Waals surface area (Å²) in [6, 6.07) is -1.99. The van der Waals surface area contributed by atoms with Crippen LogP contribution in [0.1, 0.15) is 125 Å². The van der Waals surface area contributed by atoms with Crippen LogP contribution in [0, 0.1) is 29.6 Å². The van der Waals surface area contributed by atoms with Gasteiger partial charge < -0.3 is 54.8 Å². The number of hydrogen-bond acceptors (Lipinski definition) is 14. The molecule has 1 aliphatic carbocycles. The summed E-state index contributed by atoms with van der Waals surface area (Å²) < 4.78 is 25.8. The zero-order valence-corrected chi connectivity index (χ0v) is 42.6. The Morgan fingerprint density at radius 3 is 2.38 bits per heavy atom. The van der Waals surface area contributed by atoms with E-state index in [0.29, 0.717) is 82.2 Å². The van der Waals surface area contributed by atoms with Crippen molar-refractivity contribution >= 4 is 29.4 Å². The molecule has 1 amide bonds. The maximum atomic E-state index is 14.5. The number of nitrogens with one attached hydrogen (secondary N) is 1. The fraction of sp³-hybridized carbons (Fsp3) is 0.717. The number of methoxy groups -OCH3 is 2. The lowest BCUT2D eigenvalue weighted by Crippen LogP contribution is -2.61. The van der Waals surface area contributed by atoms with Crippen LogP contribution in [-0.2, 0) is 45.2 Å². The van der Waals surface area contributed by atoms with Crippen LogP contribution >= 0.6 is 0 Å². The number of aryl methyl sites for hydroxylation is 1. The fourth-order valence-electron chi connectivity index (χ4n) is 10.7. The van der Waals surface area contributed by atoms with Crippen molar-refractivity contribution in [3.63, 3.8) is 0 Å². The second-order valence-corrected chi connectivity index (χ2v) is 20.7. The van der Waals surface area contributed by atoms with Crippen molar-refractivity contribution in [1.82, 2.24) is 14.5 Å². The number of fused-ring (bicyclic) bond motifs is 3. The number of aliphatic hydroxyl groups excluding tert-OH is 2. The number of cyclic esters (lactones) is 1. The van der Waals surface area contributed by atoms with E-state index in [2.05, 4.69) is 10.3 Å². The molecule has 16 heteroatoms. The van der Waals surface area contributed by atoms with Crippen molar-refractivity contribution in [3.8, 4) is 0 Å². The number of ether oxygens (including phenoxy) is 4. The van der Waals surface area contributed by atoms with Gasteiger partial charge in [0, 0.05) is 58.1 Å². The van der Waals surface area contributed by atoms with E-state index in [1.54, 1.807) is 33.2 Å². The number of nitrogens with two attached hydrogens (primary N) is 1. The summed E-state index contributed by atoms with van der Waals surface area (Å²) in [5.74, 6) is -5.80. The third kappa shape index (κ3) is 14.8. The minimum absolute atomic E-state index is 0.0303. The summed E-state index contributed by atoms with van der Waals surface area (Å²) >= 11 is 0. The van der Waals surface area contributed by atoms with Crippen LogP contribution in [0.15, 0.2) is 60.0 Å². The maximum Gasteiger partial charge on any atom is 0.329 e. The van der Waals surface area contributed by atoms with Crippen molar-refractivity contribution in [2.24, 2.45) is 42.4 Å². The van der Waals surface area contributed by atoms with E-state index in [-0.39, 0.29) is 48.6 Å². The average molecular weight is 966 g/mol. The van der Waals surface area contributed by atoms with Gasteiger partial charge in [0.05, 0.1) is 24.4 Å². The monoisotopic (exact) mass is 966 g/mol. The number of amides is 1. The summed E-state index contributed by atoms with van der Waals surface area (Å²) in [6.07, 6.45) is 17.3. The standard InChI is InChI=1S/C53H83N5O11/c1-32-15-11-10-12-16-33(2)41(56-52-55-24-26-57(52)7)31-40-21-18-37(6)53(65,69-40)49(62)50(63)58-25-14-13-17-42(58)51(64)68-44(34(3)28-38-19-22-43(59)45(30-38)66-8)23-20-39(54)29-36(5)47(61)48(67-9)46(60)35(4)27-32/h10-12,15-16,24,26,29,32,34-35,37-45,47-48,59,61,65H,13-14,17-23,25,27-28,30-31,54H2,1-9H3,(H,55,56)/b12-10+,15-11+,33-16+,36-29+/t32-,34-,35-,37-,38?,39+,40?,41?,42+,43-,44+,45-,47-,48+,53-/m1/s1. The van der Waals surface area contributed by atoms with Gasteiger partial charge in [-0.3, -0.25) is 14.4 Å². The SMILES string of the molecule is CO[C@@H]1CC(C[C@@H](C)[C@@H]2CC[C@H](N)/C=C(\C)[C@@H](O)[C@@H](OC)C(=O)[C@H](C)C[C@H](C)/C=C/C=C/C=C(\C)C(Nc3nccn3C)CC3CC[C@@H](C)[C@@](O)(O3)C(=O)C(=O)N3CCCC[C@H]3C(=O)O2)CC[C@H]1O. The predicted octanol–water partition coefficient (Wildman–Crippen LogP) is 5.89. The number of esters is 1. The number of Topliss-reactive ketones (excluding diaryl/α,β-unsaturated/α-hetero) is 2. The number of anilines is 1. The lowest BCUT2D eigenvalue weighted by Gasteiger charge is -2.43. The number of imidazole rings is 1. The van der Waals surface area contributed by atoms with Gasteiger partial charge in [0.1, 0.15) is 24.4 Å². The van der Waals surface area contributed by atoms with Crippen LogP contribution in [-0.4, -0.2) is 135 Å². The molecule has 2 bridgehead atoms. The van der Waals surface area contributed by atoms with E-state index < -0.39 is 77.9 Å². The Morgan fingerprint density at radius 1 is 0.928 bits per heavy atom. The van der Waals surface area contributed by atoms with Crippen molar-refractivity contribution in [2.45, 2.75) is 186 Å². The first-order valence-corrected chi connectivity index (χ1v) is 25.4. The molecule has 5 rings (SSSR count). The molecule has 4 aliphatic rings. The quantitative estimate of drug-likeness (QED) is 0.122. The Balaban J connectivity index is 1.47. The van der Waals surface area contributed by atoms with Crippen molar-refractivity contribution in [3.05, 3.63) is 60.0 Å². The summed E-state index contributed by atoms with van der Waals surface area (Å²) in [7, 11) is 4.89. The summed E-state index contributed by atoms with van der Waals surface area (Å²) in [4.78, 5) is 62.8. The van der Waals surface area contributed by atoms with Crippen molar-refractivity contribution in [2.75, 3.05) is 26.1 Å². The largest absolute Gasteiger partial charge is 0.461 e. The molecule has 0 radical (unpaired) electrons. The van der Waals surface area contributed by atoms with Crippen LogP contribution in [0.4, 0.5) is 5.95 Å². The fourth-order valence-corrected chi connectivity index (χ4v) is 10.7. The van der Waals surface area contributed by atoms with Gasteiger partial charge in [-0.05, 0) is 121 Å². The first-order chi connectivity index (χ1) is 32.8. The molecule has 1 aromatic rings. The number of piperidine rings is 1. The molecule has 6 N–H and O–H groups in total. The Bertz CT molecular complexity index is 2000. The normalized spacial score (nSPS) is 38.7. The molecule has 16 nitrogen and oxygen atoms in total. The minimum atomic E-state index is -2.43. The number of carbonyl (C=O) groups is 4.